The highest BCUT2D eigenvalue weighted by atomic mass is 32.2. The molecule has 0 atom stereocenters. The van der Waals surface area contributed by atoms with Crippen LogP contribution in [0.2, 0.25) is 0 Å². The van der Waals surface area contributed by atoms with Crippen LogP contribution in [0.3, 0.4) is 0 Å². The maximum Gasteiger partial charge on any atom is 0.277 e. The van der Waals surface area contributed by atoms with Crippen LogP contribution in [0.15, 0.2) is 70.3 Å². The number of carbonyl (C=O) groups excluding carboxylic acids is 1. The van der Waals surface area contributed by atoms with Crippen LogP contribution in [0.1, 0.15) is 6.42 Å². The number of benzene rings is 2. The van der Waals surface area contributed by atoms with Crippen LogP contribution in [-0.2, 0) is 9.53 Å². The highest BCUT2D eigenvalue weighted by Gasteiger charge is 2.18. The van der Waals surface area contributed by atoms with Gasteiger partial charge in [0.1, 0.15) is 5.69 Å². The molecule has 0 aliphatic rings. The van der Waals surface area contributed by atoms with Crippen LogP contribution in [0.25, 0.3) is 28.2 Å². The second-order valence-electron chi connectivity index (χ2n) is 6.62. The lowest BCUT2D eigenvalue weighted by Gasteiger charge is -2.08. The Balaban J connectivity index is 1.53. The molecule has 0 unspecified atom stereocenters. The van der Waals surface area contributed by atoms with Crippen LogP contribution >= 0.6 is 11.8 Å². The van der Waals surface area contributed by atoms with Gasteiger partial charge in [-0.2, -0.15) is 0 Å². The SMILES string of the molecule is COCCCNC(=O)CSc1nnc(-c2cc3ccccc3n2-c2ccccc2)o1. The van der Waals surface area contributed by atoms with Gasteiger partial charge in [-0.05, 0) is 30.7 Å². The van der Waals surface area contributed by atoms with E-state index in [9.17, 15) is 4.79 Å². The van der Waals surface area contributed by atoms with Crippen molar-refractivity contribution in [3.05, 3.63) is 60.7 Å². The number of fused-ring (bicyclic) bond motifs is 1. The third-order valence-electron chi connectivity index (χ3n) is 4.52. The molecular formula is C22H22N4O3S. The van der Waals surface area contributed by atoms with Crippen molar-refractivity contribution in [2.24, 2.45) is 0 Å². The Labute approximate surface area is 178 Å². The summed E-state index contributed by atoms with van der Waals surface area (Å²) in [4.78, 5) is 11.9. The number of nitrogens with one attached hydrogen (secondary N) is 1. The third-order valence-corrected chi connectivity index (χ3v) is 5.34. The Kier molecular flexibility index (Phi) is 6.46. The molecule has 0 bridgehead atoms. The number of carbonyl (C=O) groups is 1. The van der Waals surface area contributed by atoms with Gasteiger partial charge in [0, 0.05) is 31.3 Å². The molecule has 0 radical (unpaired) electrons. The Morgan fingerprint density at radius 3 is 2.77 bits per heavy atom. The molecule has 4 aromatic rings. The average molecular weight is 423 g/mol. The molecule has 0 aliphatic carbocycles. The number of hydrogen-bond acceptors (Lipinski definition) is 6. The summed E-state index contributed by atoms with van der Waals surface area (Å²) in [6.07, 6.45) is 0.779. The highest BCUT2D eigenvalue weighted by Crippen LogP contribution is 2.32. The maximum absolute atomic E-state index is 11.9. The van der Waals surface area contributed by atoms with Crippen LogP contribution in [0.5, 0.6) is 0 Å². The molecule has 0 saturated heterocycles. The van der Waals surface area contributed by atoms with Crippen molar-refractivity contribution < 1.29 is 13.9 Å². The van der Waals surface area contributed by atoms with Crippen molar-refractivity contribution in [1.82, 2.24) is 20.1 Å². The first-order valence-electron chi connectivity index (χ1n) is 9.64. The number of amides is 1. The molecule has 154 valence electrons. The maximum atomic E-state index is 11.9. The molecule has 0 saturated carbocycles. The average Bonchev–Trinajstić information content (AvgIpc) is 3.40. The summed E-state index contributed by atoms with van der Waals surface area (Å²) in [5, 5.41) is 12.6. The second-order valence-corrected chi connectivity index (χ2v) is 7.54. The van der Waals surface area contributed by atoms with E-state index in [1.54, 1.807) is 7.11 Å². The van der Waals surface area contributed by atoms with Crippen LogP contribution in [0, 0.1) is 0 Å². The second kappa shape index (κ2) is 9.60. The summed E-state index contributed by atoms with van der Waals surface area (Å²) >= 11 is 1.22. The quantitative estimate of drug-likeness (QED) is 0.325. The predicted molar refractivity (Wildman–Crippen MR) is 117 cm³/mol. The van der Waals surface area contributed by atoms with E-state index in [1.165, 1.54) is 11.8 Å². The lowest BCUT2D eigenvalue weighted by atomic mass is 10.2. The van der Waals surface area contributed by atoms with Crippen molar-refractivity contribution in [3.63, 3.8) is 0 Å². The molecule has 1 N–H and O–H groups in total. The summed E-state index contributed by atoms with van der Waals surface area (Å²) < 4.78 is 12.9. The number of hydrogen-bond donors (Lipinski definition) is 1. The van der Waals surface area contributed by atoms with Gasteiger partial charge in [0.05, 0.1) is 11.3 Å². The number of rotatable bonds is 9. The number of para-hydroxylation sites is 2. The van der Waals surface area contributed by atoms with Crippen LogP contribution in [-0.4, -0.2) is 46.7 Å². The Hall–Kier alpha value is -3.10. The molecule has 0 aliphatic heterocycles. The smallest absolute Gasteiger partial charge is 0.277 e. The van der Waals surface area contributed by atoms with Crippen LogP contribution < -0.4 is 5.32 Å². The monoisotopic (exact) mass is 422 g/mol. The van der Waals surface area contributed by atoms with Gasteiger partial charge in [-0.3, -0.25) is 4.79 Å². The molecule has 1 amide bonds. The molecular weight excluding hydrogens is 400 g/mol. The summed E-state index contributed by atoms with van der Waals surface area (Å²) in [5.41, 5.74) is 2.88. The van der Waals surface area contributed by atoms with Gasteiger partial charge in [-0.15, -0.1) is 10.2 Å². The summed E-state index contributed by atoms with van der Waals surface area (Å²) in [6.45, 7) is 1.20. The molecule has 7 nitrogen and oxygen atoms in total. The van der Waals surface area contributed by atoms with Gasteiger partial charge in [0.15, 0.2) is 0 Å². The van der Waals surface area contributed by atoms with Gasteiger partial charge in [-0.25, -0.2) is 0 Å². The first-order chi connectivity index (χ1) is 14.8. The van der Waals surface area contributed by atoms with Crippen molar-refractivity contribution in [2.75, 3.05) is 26.0 Å². The minimum absolute atomic E-state index is 0.0748. The molecule has 0 fully saturated rings. The van der Waals surface area contributed by atoms with E-state index >= 15 is 0 Å². The topological polar surface area (TPSA) is 82.2 Å². The minimum atomic E-state index is -0.0748. The van der Waals surface area contributed by atoms with Gasteiger partial charge in [0.2, 0.25) is 5.91 Å². The van der Waals surface area contributed by atoms with Crippen molar-refractivity contribution >= 4 is 28.6 Å². The lowest BCUT2D eigenvalue weighted by molar-refractivity contribution is -0.118. The Morgan fingerprint density at radius 1 is 1.13 bits per heavy atom. The van der Waals surface area contributed by atoms with Crippen molar-refractivity contribution in [2.45, 2.75) is 11.6 Å². The normalized spacial score (nSPS) is 11.1. The van der Waals surface area contributed by atoms with E-state index in [1.807, 2.05) is 48.5 Å². The zero-order valence-corrected chi connectivity index (χ0v) is 17.4. The lowest BCUT2D eigenvalue weighted by Crippen LogP contribution is -2.26. The fraction of sp³-hybridized carbons (Fsp3) is 0.227. The van der Waals surface area contributed by atoms with Gasteiger partial charge >= 0.3 is 0 Å². The standard InChI is InChI=1S/C22H22N4O3S/c1-28-13-7-12-23-20(27)15-30-22-25-24-21(29-22)19-14-16-8-5-6-11-18(16)26(19)17-9-3-2-4-10-17/h2-6,8-11,14H,7,12-13,15H2,1H3,(H,23,27). The number of thioether (sulfide) groups is 1. The number of nitrogens with zero attached hydrogens (tertiary/aromatic N) is 3. The molecule has 2 aromatic carbocycles. The van der Waals surface area contributed by atoms with Gasteiger partial charge in [0.25, 0.3) is 11.1 Å². The third kappa shape index (κ3) is 4.55. The van der Waals surface area contributed by atoms with Crippen molar-refractivity contribution in [3.8, 4) is 17.3 Å². The van der Waals surface area contributed by atoms with E-state index in [2.05, 4.69) is 32.2 Å². The minimum Gasteiger partial charge on any atom is -0.410 e. The molecule has 2 aromatic heterocycles. The summed E-state index contributed by atoms with van der Waals surface area (Å²) in [5.74, 6) is 0.559. The zero-order chi connectivity index (χ0) is 20.8. The van der Waals surface area contributed by atoms with E-state index in [0.29, 0.717) is 24.3 Å². The predicted octanol–water partition coefficient (Wildman–Crippen LogP) is 3.93. The molecule has 4 rings (SSSR count). The number of methoxy groups -OCH3 is 1. The summed E-state index contributed by atoms with van der Waals surface area (Å²) in [7, 11) is 1.64. The van der Waals surface area contributed by atoms with E-state index in [-0.39, 0.29) is 11.7 Å². The molecule has 0 spiro atoms. The molecule has 2 heterocycles. The molecule has 8 heteroatoms. The largest absolute Gasteiger partial charge is 0.410 e. The first kappa shape index (κ1) is 20.2. The molecule has 30 heavy (non-hydrogen) atoms. The highest BCUT2D eigenvalue weighted by molar-refractivity contribution is 7.99. The van der Waals surface area contributed by atoms with Gasteiger partial charge < -0.3 is 19.0 Å². The van der Waals surface area contributed by atoms with Crippen LogP contribution in [0.4, 0.5) is 0 Å². The zero-order valence-electron chi connectivity index (χ0n) is 16.6. The Bertz CT molecular complexity index is 1120. The Morgan fingerprint density at radius 2 is 1.93 bits per heavy atom. The van der Waals surface area contributed by atoms with Crippen molar-refractivity contribution in [1.29, 1.82) is 0 Å². The van der Waals surface area contributed by atoms with Gasteiger partial charge in [-0.1, -0.05) is 48.2 Å². The van der Waals surface area contributed by atoms with E-state index in [0.717, 1.165) is 28.7 Å². The fourth-order valence-corrected chi connectivity index (χ4v) is 3.75. The number of aromatic nitrogens is 3. The van der Waals surface area contributed by atoms with E-state index < -0.39 is 0 Å². The van der Waals surface area contributed by atoms with E-state index in [4.69, 9.17) is 9.15 Å². The fourth-order valence-electron chi connectivity index (χ4n) is 3.16. The number of ether oxygens (including phenoxy) is 1. The first-order valence-corrected chi connectivity index (χ1v) is 10.6. The summed E-state index contributed by atoms with van der Waals surface area (Å²) in [6, 6.07) is 20.2.